The Labute approximate surface area is 162 Å². The van der Waals surface area contributed by atoms with Crippen LogP contribution in [-0.4, -0.2) is 48.7 Å². The molecule has 1 spiro atoms. The molecular formula is C21H25F3N2O2. The van der Waals surface area contributed by atoms with E-state index in [1.54, 1.807) is 0 Å². The van der Waals surface area contributed by atoms with E-state index < -0.39 is 17.6 Å². The summed E-state index contributed by atoms with van der Waals surface area (Å²) in [6.07, 6.45) is 0.248. The van der Waals surface area contributed by atoms with Crippen LogP contribution in [0.3, 0.4) is 0 Å². The van der Waals surface area contributed by atoms with Crippen LogP contribution >= 0.6 is 0 Å². The summed E-state index contributed by atoms with van der Waals surface area (Å²) >= 11 is 0. The fourth-order valence-corrected chi connectivity index (χ4v) is 5.60. The average molecular weight is 394 g/mol. The summed E-state index contributed by atoms with van der Waals surface area (Å²) in [6.45, 7) is 3.45. The average Bonchev–Trinajstić information content (AvgIpc) is 3.15. The lowest BCUT2D eigenvalue weighted by Crippen LogP contribution is -2.42. The summed E-state index contributed by atoms with van der Waals surface area (Å²) in [7, 11) is 0. The van der Waals surface area contributed by atoms with E-state index in [0.717, 1.165) is 44.5 Å². The lowest BCUT2D eigenvalue weighted by molar-refractivity contribution is -0.137. The predicted octanol–water partition coefficient (Wildman–Crippen LogP) is 3.32. The van der Waals surface area contributed by atoms with Gasteiger partial charge in [0.1, 0.15) is 0 Å². The molecule has 7 heteroatoms. The second-order valence-corrected chi connectivity index (χ2v) is 8.92. The predicted molar refractivity (Wildman–Crippen MR) is 96.8 cm³/mol. The van der Waals surface area contributed by atoms with Gasteiger partial charge in [-0.05, 0) is 43.7 Å². The molecule has 3 heterocycles. The number of fused-ring (bicyclic) bond motifs is 1. The number of alkyl halides is 3. The Morgan fingerprint density at radius 3 is 2.79 bits per heavy atom. The second kappa shape index (κ2) is 6.46. The first-order valence-corrected chi connectivity index (χ1v) is 10.2. The molecule has 5 rings (SSSR count). The maximum atomic E-state index is 13.2. The van der Waals surface area contributed by atoms with Gasteiger partial charge in [-0.15, -0.1) is 0 Å². The summed E-state index contributed by atoms with van der Waals surface area (Å²) in [5.74, 6) is 0.713. The molecule has 4 atom stereocenters. The number of amides is 1. The van der Waals surface area contributed by atoms with Gasteiger partial charge in [-0.2, -0.15) is 13.2 Å². The number of nitrogens with one attached hydrogen (secondary N) is 1. The van der Waals surface area contributed by atoms with Crippen molar-refractivity contribution in [2.75, 3.05) is 26.2 Å². The molecule has 3 aliphatic heterocycles. The van der Waals surface area contributed by atoms with Crippen LogP contribution in [0.25, 0.3) is 0 Å². The van der Waals surface area contributed by atoms with E-state index in [0.29, 0.717) is 12.5 Å². The lowest BCUT2D eigenvalue weighted by atomic mass is 9.73. The molecule has 28 heavy (non-hydrogen) atoms. The third-order valence-corrected chi connectivity index (χ3v) is 7.04. The van der Waals surface area contributed by atoms with Crippen LogP contribution in [0.15, 0.2) is 24.3 Å². The van der Waals surface area contributed by atoms with Gasteiger partial charge in [0, 0.05) is 38.0 Å². The van der Waals surface area contributed by atoms with Crippen molar-refractivity contribution in [1.82, 2.24) is 10.2 Å². The van der Waals surface area contributed by atoms with E-state index in [4.69, 9.17) is 4.74 Å². The highest BCUT2D eigenvalue weighted by atomic mass is 19.4. The number of benzene rings is 1. The summed E-state index contributed by atoms with van der Waals surface area (Å²) in [5, 5.41) is 2.78. The first-order chi connectivity index (χ1) is 13.4. The zero-order chi connectivity index (χ0) is 19.5. The number of halogens is 3. The van der Waals surface area contributed by atoms with Crippen molar-refractivity contribution >= 4 is 5.91 Å². The number of hydrogen-bond acceptors (Lipinski definition) is 3. The summed E-state index contributed by atoms with van der Waals surface area (Å²) in [6, 6.07) is 4.97. The highest BCUT2D eigenvalue weighted by Crippen LogP contribution is 2.55. The molecule has 4 nitrogen and oxygen atoms in total. The highest BCUT2D eigenvalue weighted by Gasteiger charge is 2.62. The van der Waals surface area contributed by atoms with Crippen molar-refractivity contribution in [3.8, 4) is 0 Å². The normalized spacial score (nSPS) is 34.6. The zero-order valence-electron chi connectivity index (χ0n) is 15.7. The molecule has 1 aromatic rings. The number of likely N-dealkylation sites (tertiary alicyclic amines) is 1. The number of rotatable bonds is 5. The van der Waals surface area contributed by atoms with Crippen molar-refractivity contribution in [3.05, 3.63) is 35.4 Å². The van der Waals surface area contributed by atoms with E-state index in [1.807, 2.05) is 0 Å². The highest BCUT2D eigenvalue weighted by molar-refractivity contribution is 5.95. The van der Waals surface area contributed by atoms with E-state index in [9.17, 15) is 18.0 Å². The molecule has 0 unspecified atom stereocenters. The smallest absolute Gasteiger partial charge is 0.370 e. The minimum atomic E-state index is -4.54. The van der Waals surface area contributed by atoms with Crippen LogP contribution in [0, 0.1) is 17.8 Å². The van der Waals surface area contributed by atoms with Crippen molar-refractivity contribution in [2.45, 2.75) is 43.6 Å². The largest absolute Gasteiger partial charge is 0.417 e. The fraction of sp³-hybridized carbons (Fsp3) is 0.667. The minimum absolute atomic E-state index is 0.0984. The Bertz CT molecular complexity index is 779. The monoisotopic (exact) mass is 394 g/mol. The molecule has 1 saturated carbocycles. The third-order valence-electron chi connectivity index (χ3n) is 7.04. The van der Waals surface area contributed by atoms with Gasteiger partial charge in [0.05, 0.1) is 22.8 Å². The molecule has 1 amide bonds. The molecule has 1 N–H and O–H groups in total. The second-order valence-electron chi connectivity index (χ2n) is 8.92. The van der Waals surface area contributed by atoms with Gasteiger partial charge < -0.3 is 10.1 Å². The van der Waals surface area contributed by atoms with E-state index in [2.05, 4.69) is 10.2 Å². The minimum Gasteiger partial charge on any atom is -0.370 e. The summed E-state index contributed by atoms with van der Waals surface area (Å²) in [5.41, 5.74) is -1.29. The van der Waals surface area contributed by atoms with Gasteiger partial charge in [0.25, 0.3) is 5.91 Å². The Morgan fingerprint density at radius 2 is 2.04 bits per heavy atom. The van der Waals surface area contributed by atoms with Crippen LogP contribution in [0.4, 0.5) is 13.2 Å². The van der Waals surface area contributed by atoms with E-state index in [1.165, 1.54) is 31.0 Å². The number of ether oxygens (including phenoxy) is 1. The molecule has 0 radical (unpaired) electrons. The van der Waals surface area contributed by atoms with Crippen molar-refractivity contribution in [3.63, 3.8) is 0 Å². The molecular weight excluding hydrogens is 369 g/mol. The van der Waals surface area contributed by atoms with Crippen molar-refractivity contribution < 1.29 is 22.7 Å². The van der Waals surface area contributed by atoms with Crippen molar-refractivity contribution in [2.24, 2.45) is 17.8 Å². The van der Waals surface area contributed by atoms with E-state index >= 15 is 0 Å². The van der Waals surface area contributed by atoms with Crippen LogP contribution in [0.1, 0.15) is 41.6 Å². The zero-order valence-corrected chi connectivity index (χ0v) is 15.7. The lowest BCUT2D eigenvalue weighted by Gasteiger charge is -2.29. The number of nitrogens with zero attached hydrogens (tertiary/aromatic N) is 1. The maximum Gasteiger partial charge on any atom is 0.417 e. The molecule has 3 saturated heterocycles. The first kappa shape index (κ1) is 18.4. The van der Waals surface area contributed by atoms with Crippen LogP contribution in [0.5, 0.6) is 0 Å². The SMILES string of the molecule is O=C(NC[C@H]1[C@H]2CN(CC3CC3)C[C@]23CC[C@H]1O3)c1ccccc1C(F)(F)F. The van der Waals surface area contributed by atoms with Gasteiger partial charge in [-0.1, -0.05) is 12.1 Å². The van der Waals surface area contributed by atoms with Crippen molar-refractivity contribution in [1.29, 1.82) is 0 Å². The van der Waals surface area contributed by atoms with Gasteiger partial charge in [0.2, 0.25) is 0 Å². The van der Waals surface area contributed by atoms with Gasteiger partial charge in [0.15, 0.2) is 0 Å². The Morgan fingerprint density at radius 1 is 1.25 bits per heavy atom. The Hall–Kier alpha value is -1.60. The quantitative estimate of drug-likeness (QED) is 0.833. The van der Waals surface area contributed by atoms with Crippen LogP contribution in [0.2, 0.25) is 0 Å². The van der Waals surface area contributed by atoms with Gasteiger partial charge in [-0.3, -0.25) is 9.69 Å². The summed E-state index contributed by atoms with van der Waals surface area (Å²) in [4.78, 5) is 15.0. The Kier molecular flexibility index (Phi) is 4.25. The number of carbonyl (C=O) groups is 1. The molecule has 2 bridgehead atoms. The first-order valence-electron chi connectivity index (χ1n) is 10.2. The number of hydrogen-bond donors (Lipinski definition) is 1. The van der Waals surface area contributed by atoms with Crippen LogP contribution in [-0.2, 0) is 10.9 Å². The van der Waals surface area contributed by atoms with Gasteiger partial charge >= 0.3 is 6.18 Å². The molecule has 1 aromatic carbocycles. The molecule has 152 valence electrons. The molecule has 4 aliphatic rings. The Balaban J connectivity index is 1.27. The van der Waals surface area contributed by atoms with E-state index in [-0.39, 0.29) is 23.2 Å². The fourth-order valence-electron chi connectivity index (χ4n) is 5.60. The summed E-state index contributed by atoms with van der Waals surface area (Å²) < 4.78 is 46.0. The maximum absolute atomic E-state index is 13.2. The molecule has 1 aliphatic carbocycles. The topological polar surface area (TPSA) is 41.6 Å². The molecule has 4 fully saturated rings. The molecule has 0 aromatic heterocycles. The number of carbonyl (C=O) groups excluding carboxylic acids is 1. The van der Waals surface area contributed by atoms with Crippen LogP contribution < -0.4 is 5.32 Å². The third kappa shape index (κ3) is 3.12. The van der Waals surface area contributed by atoms with Gasteiger partial charge in [-0.25, -0.2) is 0 Å². The standard InChI is InChI=1S/C21H25F3N2O2/c22-21(23,24)16-4-2-1-3-14(16)19(27)25-9-15-17-11-26(10-13-5-6-13)12-20(17)8-7-18(15)28-20/h1-4,13,15,17-18H,5-12H2,(H,25,27)/t15-,17+,18+,20+/m0/s1.